The Morgan fingerprint density at radius 1 is 1.28 bits per heavy atom. The Balaban J connectivity index is 2.12. The number of para-hydroxylation sites is 1. The summed E-state index contributed by atoms with van der Waals surface area (Å²) in [5.74, 6) is 0.801. The van der Waals surface area contributed by atoms with Crippen molar-refractivity contribution in [3.8, 4) is 5.75 Å². The second kappa shape index (κ2) is 8.95. The van der Waals surface area contributed by atoms with Crippen LogP contribution in [0.25, 0.3) is 0 Å². The van der Waals surface area contributed by atoms with E-state index in [2.05, 4.69) is 19.2 Å². The van der Waals surface area contributed by atoms with Gasteiger partial charge < -0.3 is 15.2 Å². The van der Waals surface area contributed by atoms with Gasteiger partial charge in [0.1, 0.15) is 18.5 Å². The van der Waals surface area contributed by atoms with Crippen LogP contribution in [0, 0.1) is 0 Å². The Kier molecular flexibility index (Phi) is 7.46. The molecule has 0 aliphatic carbocycles. The highest BCUT2D eigenvalue weighted by atomic mass is 16.5. The molecule has 1 rings (SSSR count). The fraction of sp³-hybridized carbons (Fsp3) is 0.600. The maximum atomic E-state index is 9.80. The van der Waals surface area contributed by atoms with Crippen molar-refractivity contribution in [1.82, 2.24) is 5.32 Å². The Morgan fingerprint density at radius 2 is 2.00 bits per heavy atom. The molecule has 0 saturated carbocycles. The summed E-state index contributed by atoms with van der Waals surface area (Å²) >= 11 is 0. The van der Waals surface area contributed by atoms with Crippen molar-refractivity contribution < 1.29 is 9.84 Å². The van der Waals surface area contributed by atoms with E-state index in [9.17, 15) is 5.11 Å². The molecule has 2 unspecified atom stereocenters. The topological polar surface area (TPSA) is 41.5 Å². The third kappa shape index (κ3) is 6.62. The van der Waals surface area contributed by atoms with Crippen molar-refractivity contribution in [3.63, 3.8) is 0 Å². The molecule has 0 radical (unpaired) electrons. The minimum Gasteiger partial charge on any atom is -0.491 e. The third-order valence-corrected chi connectivity index (χ3v) is 2.88. The lowest BCUT2D eigenvalue weighted by atomic mass is 10.1. The Hall–Kier alpha value is -1.06. The fourth-order valence-corrected chi connectivity index (χ4v) is 1.72. The second-order valence-corrected chi connectivity index (χ2v) is 4.73. The molecule has 102 valence electrons. The summed E-state index contributed by atoms with van der Waals surface area (Å²) in [6.45, 7) is 5.25. The predicted molar refractivity (Wildman–Crippen MR) is 74.9 cm³/mol. The van der Waals surface area contributed by atoms with Crippen molar-refractivity contribution in [2.75, 3.05) is 13.2 Å². The van der Waals surface area contributed by atoms with Gasteiger partial charge in [0.25, 0.3) is 0 Å². The monoisotopic (exact) mass is 251 g/mol. The molecule has 0 saturated heterocycles. The summed E-state index contributed by atoms with van der Waals surface area (Å²) in [7, 11) is 0. The minimum absolute atomic E-state index is 0.331. The highest BCUT2D eigenvalue weighted by Crippen LogP contribution is 2.08. The Morgan fingerprint density at radius 3 is 2.67 bits per heavy atom. The molecule has 3 nitrogen and oxygen atoms in total. The lowest BCUT2D eigenvalue weighted by Crippen LogP contribution is -2.36. The fourth-order valence-electron chi connectivity index (χ4n) is 1.72. The van der Waals surface area contributed by atoms with Gasteiger partial charge in [-0.2, -0.15) is 0 Å². The van der Waals surface area contributed by atoms with E-state index in [0.29, 0.717) is 19.2 Å². The first-order valence-corrected chi connectivity index (χ1v) is 6.81. The largest absolute Gasteiger partial charge is 0.491 e. The number of hydrogen-bond donors (Lipinski definition) is 2. The summed E-state index contributed by atoms with van der Waals surface area (Å²) in [6, 6.07) is 10.0. The maximum Gasteiger partial charge on any atom is 0.119 e. The quantitative estimate of drug-likeness (QED) is 0.709. The standard InChI is InChI=1S/C15H25NO2/c1-3-4-8-13(2)16-11-14(17)12-18-15-9-6-5-7-10-15/h5-7,9-10,13-14,16-17H,3-4,8,11-12H2,1-2H3. The van der Waals surface area contributed by atoms with Crippen LogP contribution in [0.2, 0.25) is 0 Å². The van der Waals surface area contributed by atoms with Crippen molar-refractivity contribution >= 4 is 0 Å². The van der Waals surface area contributed by atoms with E-state index in [0.717, 1.165) is 12.2 Å². The van der Waals surface area contributed by atoms with Gasteiger partial charge >= 0.3 is 0 Å². The van der Waals surface area contributed by atoms with Gasteiger partial charge in [0.2, 0.25) is 0 Å². The molecule has 0 fully saturated rings. The first kappa shape index (κ1) is 15.0. The number of aliphatic hydroxyl groups is 1. The lowest BCUT2D eigenvalue weighted by molar-refractivity contribution is 0.104. The zero-order chi connectivity index (χ0) is 13.2. The molecule has 2 N–H and O–H groups in total. The van der Waals surface area contributed by atoms with Gasteiger partial charge in [-0.3, -0.25) is 0 Å². The van der Waals surface area contributed by atoms with E-state index in [1.54, 1.807) is 0 Å². The number of unbranched alkanes of at least 4 members (excludes halogenated alkanes) is 1. The molecule has 0 aliphatic rings. The maximum absolute atomic E-state index is 9.80. The molecular formula is C15H25NO2. The van der Waals surface area contributed by atoms with Gasteiger partial charge in [0.05, 0.1) is 0 Å². The zero-order valence-electron chi connectivity index (χ0n) is 11.4. The minimum atomic E-state index is -0.464. The van der Waals surface area contributed by atoms with Crippen LogP contribution in [-0.2, 0) is 0 Å². The summed E-state index contributed by atoms with van der Waals surface area (Å²) in [5.41, 5.74) is 0. The van der Waals surface area contributed by atoms with Crippen molar-refractivity contribution in [2.24, 2.45) is 0 Å². The summed E-state index contributed by atoms with van der Waals surface area (Å²) < 4.78 is 5.49. The van der Waals surface area contributed by atoms with E-state index < -0.39 is 6.10 Å². The molecule has 0 bridgehead atoms. The van der Waals surface area contributed by atoms with Crippen LogP contribution in [0.1, 0.15) is 33.1 Å². The molecule has 18 heavy (non-hydrogen) atoms. The number of rotatable bonds is 9. The third-order valence-electron chi connectivity index (χ3n) is 2.88. The number of hydrogen-bond acceptors (Lipinski definition) is 3. The average molecular weight is 251 g/mol. The summed E-state index contributed by atoms with van der Waals surface area (Å²) in [4.78, 5) is 0. The van der Waals surface area contributed by atoms with Crippen molar-refractivity contribution in [2.45, 2.75) is 45.3 Å². The number of ether oxygens (including phenoxy) is 1. The first-order valence-electron chi connectivity index (χ1n) is 6.81. The van der Waals surface area contributed by atoms with Gasteiger partial charge in [-0.05, 0) is 25.5 Å². The lowest BCUT2D eigenvalue weighted by Gasteiger charge is -2.17. The van der Waals surface area contributed by atoms with Crippen LogP contribution >= 0.6 is 0 Å². The molecule has 0 aromatic heterocycles. The molecule has 3 heteroatoms. The van der Waals surface area contributed by atoms with E-state index in [-0.39, 0.29) is 0 Å². The summed E-state index contributed by atoms with van der Waals surface area (Å²) in [5, 5.41) is 13.1. The molecular weight excluding hydrogens is 226 g/mol. The van der Waals surface area contributed by atoms with Crippen molar-refractivity contribution in [3.05, 3.63) is 30.3 Å². The van der Waals surface area contributed by atoms with Crippen LogP contribution in [0.3, 0.4) is 0 Å². The predicted octanol–water partition coefficient (Wildman–Crippen LogP) is 2.59. The van der Waals surface area contributed by atoms with Crippen LogP contribution < -0.4 is 10.1 Å². The number of aliphatic hydroxyl groups excluding tert-OH is 1. The molecule has 0 amide bonds. The SMILES string of the molecule is CCCCC(C)NCC(O)COc1ccccc1. The van der Waals surface area contributed by atoms with Gasteiger partial charge in [0, 0.05) is 12.6 Å². The molecule has 1 aromatic rings. The highest BCUT2D eigenvalue weighted by molar-refractivity contribution is 5.20. The molecule has 2 atom stereocenters. The average Bonchev–Trinajstić information content (AvgIpc) is 2.41. The molecule has 0 aliphatic heterocycles. The van der Waals surface area contributed by atoms with Gasteiger partial charge in [0.15, 0.2) is 0 Å². The van der Waals surface area contributed by atoms with Crippen LogP contribution in [0.5, 0.6) is 5.75 Å². The van der Waals surface area contributed by atoms with Crippen LogP contribution in [0.4, 0.5) is 0 Å². The Bertz CT molecular complexity index is 303. The highest BCUT2D eigenvalue weighted by Gasteiger charge is 2.07. The Labute approximate surface area is 110 Å². The molecule has 0 spiro atoms. The van der Waals surface area contributed by atoms with Gasteiger partial charge in [-0.25, -0.2) is 0 Å². The summed E-state index contributed by atoms with van der Waals surface area (Å²) in [6.07, 6.45) is 3.13. The van der Waals surface area contributed by atoms with E-state index in [4.69, 9.17) is 4.74 Å². The van der Waals surface area contributed by atoms with Crippen LogP contribution in [0.15, 0.2) is 30.3 Å². The van der Waals surface area contributed by atoms with Gasteiger partial charge in [-0.15, -0.1) is 0 Å². The second-order valence-electron chi connectivity index (χ2n) is 4.73. The van der Waals surface area contributed by atoms with Crippen molar-refractivity contribution in [1.29, 1.82) is 0 Å². The normalized spacial score (nSPS) is 14.2. The zero-order valence-corrected chi connectivity index (χ0v) is 11.4. The van der Waals surface area contributed by atoms with E-state index in [1.165, 1.54) is 12.8 Å². The molecule has 0 heterocycles. The smallest absolute Gasteiger partial charge is 0.119 e. The first-order chi connectivity index (χ1) is 8.72. The van der Waals surface area contributed by atoms with E-state index >= 15 is 0 Å². The molecule has 1 aromatic carbocycles. The van der Waals surface area contributed by atoms with Gasteiger partial charge in [-0.1, -0.05) is 38.0 Å². The van der Waals surface area contributed by atoms with E-state index in [1.807, 2.05) is 30.3 Å². The number of benzene rings is 1. The number of nitrogens with one attached hydrogen (secondary N) is 1. The van der Waals surface area contributed by atoms with Crippen LogP contribution in [-0.4, -0.2) is 30.4 Å².